The van der Waals surface area contributed by atoms with Crippen LogP contribution in [0.4, 0.5) is 5.82 Å². The molecule has 0 saturated heterocycles. The molecular weight excluding hydrogens is 398 g/mol. The third-order valence-electron chi connectivity index (χ3n) is 6.44. The van der Waals surface area contributed by atoms with Crippen LogP contribution in [-0.4, -0.2) is 27.6 Å². The maximum absolute atomic E-state index is 11.5. The first kappa shape index (κ1) is 22.3. The Hall–Kier alpha value is -2.95. The second-order valence-corrected chi connectivity index (χ2v) is 9.05. The van der Waals surface area contributed by atoms with Crippen LogP contribution in [0.1, 0.15) is 73.2 Å². The van der Waals surface area contributed by atoms with Crippen molar-refractivity contribution in [3.8, 4) is 0 Å². The summed E-state index contributed by atoms with van der Waals surface area (Å²) in [4.78, 5) is 20.8. The highest BCUT2D eigenvalue weighted by Gasteiger charge is 2.16. The number of aliphatic carboxylic acids is 1. The first-order chi connectivity index (χ1) is 15.6. The van der Waals surface area contributed by atoms with Crippen molar-refractivity contribution in [1.29, 1.82) is 0 Å². The van der Waals surface area contributed by atoms with Gasteiger partial charge in [0.15, 0.2) is 0 Å². The Morgan fingerprint density at radius 2 is 2.00 bits per heavy atom. The van der Waals surface area contributed by atoms with Gasteiger partial charge >= 0.3 is 5.97 Å². The maximum atomic E-state index is 11.5. The van der Waals surface area contributed by atoms with Crippen molar-refractivity contribution in [1.82, 2.24) is 9.97 Å². The lowest BCUT2D eigenvalue weighted by molar-refractivity contribution is -0.137. The van der Waals surface area contributed by atoms with E-state index in [2.05, 4.69) is 53.6 Å². The van der Waals surface area contributed by atoms with Gasteiger partial charge in [0.1, 0.15) is 5.82 Å². The summed E-state index contributed by atoms with van der Waals surface area (Å²) in [7, 11) is 0. The molecular formula is C27H33N3O2. The fourth-order valence-corrected chi connectivity index (χ4v) is 4.63. The number of carboxylic acid groups (broad SMARTS) is 1. The van der Waals surface area contributed by atoms with E-state index in [0.717, 1.165) is 73.8 Å². The number of rotatable bonds is 10. The molecule has 0 spiro atoms. The number of carboxylic acids is 1. The third-order valence-corrected chi connectivity index (χ3v) is 6.44. The fourth-order valence-electron chi connectivity index (χ4n) is 4.63. The van der Waals surface area contributed by atoms with Crippen LogP contribution in [0.5, 0.6) is 0 Å². The molecule has 0 amide bonds. The predicted molar refractivity (Wildman–Crippen MR) is 129 cm³/mol. The van der Waals surface area contributed by atoms with Crippen LogP contribution in [0.15, 0.2) is 42.6 Å². The molecule has 32 heavy (non-hydrogen) atoms. The number of hydrogen-bond donors (Lipinski definition) is 2. The lowest BCUT2D eigenvalue weighted by Crippen LogP contribution is -2.13. The van der Waals surface area contributed by atoms with Gasteiger partial charge in [-0.15, -0.1) is 0 Å². The molecule has 2 N–H and O–H groups in total. The smallest absolute Gasteiger partial charge is 0.303 e. The number of unbranched alkanes of at least 4 members (excludes halogenated alkanes) is 3. The minimum atomic E-state index is -0.744. The average Bonchev–Trinajstić information content (AvgIpc) is 2.79. The second-order valence-electron chi connectivity index (χ2n) is 9.05. The van der Waals surface area contributed by atoms with Crippen molar-refractivity contribution in [2.45, 2.75) is 70.6 Å². The van der Waals surface area contributed by atoms with Gasteiger partial charge in [-0.3, -0.25) is 9.78 Å². The number of hydrogen-bond acceptors (Lipinski definition) is 4. The lowest BCUT2D eigenvalue weighted by Gasteiger charge is -2.17. The Balaban J connectivity index is 1.27. The lowest BCUT2D eigenvalue weighted by atomic mass is 9.90. The third kappa shape index (κ3) is 5.84. The standard InChI is InChI=1S/C27H33N3O2/c1-19-10-11-22-16-23(18-29-25(22)15-19)21(17-26(31)32)7-4-2-3-5-9-24-13-12-20-8-6-14-28-27(20)30-24/h10-13,15-16,18,21H,2-9,14,17H2,1H3,(H,28,30)(H,31,32). The molecule has 5 heteroatoms. The number of nitrogens with one attached hydrogen (secondary N) is 1. The summed E-state index contributed by atoms with van der Waals surface area (Å²) in [6, 6.07) is 12.7. The van der Waals surface area contributed by atoms with Gasteiger partial charge in [0.05, 0.1) is 11.9 Å². The van der Waals surface area contributed by atoms with Gasteiger partial charge in [-0.1, -0.05) is 37.5 Å². The van der Waals surface area contributed by atoms with E-state index in [4.69, 9.17) is 4.98 Å². The number of fused-ring (bicyclic) bond motifs is 2. The van der Waals surface area contributed by atoms with E-state index in [0.29, 0.717) is 0 Å². The molecule has 3 aromatic rings. The first-order valence-corrected chi connectivity index (χ1v) is 11.9. The number of nitrogens with zero attached hydrogens (tertiary/aromatic N) is 2. The molecule has 1 unspecified atom stereocenters. The number of benzene rings is 1. The minimum absolute atomic E-state index is 0.0130. The number of anilines is 1. The number of pyridine rings is 2. The highest BCUT2D eigenvalue weighted by Crippen LogP contribution is 2.28. The molecule has 1 aliphatic heterocycles. The van der Waals surface area contributed by atoms with Crippen LogP contribution in [0.3, 0.4) is 0 Å². The highest BCUT2D eigenvalue weighted by atomic mass is 16.4. The summed E-state index contributed by atoms with van der Waals surface area (Å²) in [6.45, 7) is 3.08. The van der Waals surface area contributed by atoms with Gasteiger partial charge in [-0.05, 0) is 79.8 Å². The Morgan fingerprint density at radius 3 is 2.88 bits per heavy atom. The molecule has 1 aliphatic rings. The van der Waals surface area contributed by atoms with E-state index < -0.39 is 5.97 Å². The van der Waals surface area contributed by atoms with Crippen LogP contribution in [0.25, 0.3) is 10.9 Å². The Labute approximate surface area is 190 Å². The summed E-state index contributed by atoms with van der Waals surface area (Å²) >= 11 is 0. The van der Waals surface area contributed by atoms with Crippen LogP contribution in [-0.2, 0) is 17.6 Å². The normalized spacial score (nSPS) is 14.0. The van der Waals surface area contributed by atoms with Gasteiger partial charge in [0, 0.05) is 23.8 Å². The molecule has 0 fully saturated rings. The van der Waals surface area contributed by atoms with E-state index in [1.165, 1.54) is 23.2 Å². The average molecular weight is 432 g/mol. The van der Waals surface area contributed by atoms with E-state index in [1.54, 1.807) is 0 Å². The summed E-state index contributed by atoms with van der Waals surface area (Å²) in [5.41, 5.74) is 5.69. The highest BCUT2D eigenvalue weighted by molar-refractivity contribution is 5.80. The van der Waals surface area contributed by atoms with E-state index >= 15 is 0 Å². The molecule has 1 aromatic carbocycles. The van der Waals surface area contributed by atoms with Crippen molar-refractivity contribution in [2.75, 3.05) is 11.9 Å². The van der Waals surface area contributed by atoms with Gasteiger partial charge in [0.25, 0.3) is 0 Å². The van der Waals surface area contributed by atoms with Crippen molar-refractivity contribution in [3.05, 3.63) is 65.0 Å². The first-order valence-electron chi connectivity index (χ1n) is 11.9. The topological polar surface area (TPSA) is 75.1 Å². The Kier molecular flexibility index (Phi) is 7.35. The SMILES string of the molecule is Cc1ccc2cc(C(CCCCCCc3ccc4c(n3)NCCC4)CC(=O)O)cnc2c1. The van der Waals surface area contributed by atoms with Crippen LogP contribution in [0.2, 0.25) is 0 Å². The molecule has 2 aromatic heterocycles. The van der Waals surface area contributed by atoms with Gasteiger partial charge in [0.2, 0.25) is 0 Å². The molecule has 0 bridgehead atoms. The predicted octanol–water partition coefficient (Wildman–Crippen LogP) is 6.05. The summed E-state index contributed by atoms with van der Waals surface area (Å²) < 4.78 is 0. The maximum Gasteiger partial charge on any atom is 0.303 e. The molecule has 4 rings (SSSR count). The van der Waals surface area contributed by atoms with Crippen molar-refractivity contribution in [2.24, 2.45) is 0 Å². The zero-order valence-corrected chi connectivity index (χ0v) is 18.9. The van der Waals surface area contributed by atoms with Crippen LogP contribution >= 0.6 is 0 Å². The summed E-state index contributed by atoms with van der Waals surface area (Å²) in [6.07, 6.45) is 10.6. The van der Waals surface area contributed by atoms with E-state index in [9.17, 15) is 9.90 Å². The van der Waals surface area contributed by atoms with Crippen molar-refractivity contribution < 1.29 is 9.90 Å². The van der Waals surface area contributed by atoms with Gasteiger partial charge in [-0.2, -0.15) is 0 Å². The minimum Gasteiger partial charge on any atom is -0.481 e. The monoisotopic (exact) mass is 431 g/mol. The Morgan fingerprint density at radius 1 is 1.12 bits per heavy atom. The molecule has 0 aliphatic carbocycles. The molecule has 0 radical (unpaired) electrons. The number of carbonyl (C=O) groups is 1. The molecule has 1 atom stereocenters. The Bertz CT molecular complexity index is 1080. The van der Waals surface area contributed by atoms with E-state index in [1.807, 2.05) is 6.20 Å². The largest absolute Gasteiger partial charge is 0.481 e. The van der Waals surface area contributed by atoms with Crippen molar-refractivity contribution in [3.63, 3.8) is 0 Å². The number of aromatic nitrogens is 2. The quantitative estimate of drug-likeness (QED) is 0.382. The molecule has 3 heterocycles. The van der Waals surface area contributed by atoms with E-state index in [-0.39, 0.29) is 12.3 Å². The summed E-state index contributed by atoms with van der Waals surface area (Å²) in [5, 5.41) is 13.9. The van der Waals surface area contributed by atoms with Gasteiger partial charge < -0.3 is 10.4 Å². The van der Waals surface area contributed by atoms with Crippen LogP contribution in [0, 0.1) is 6.92 Å². The molecule has 0 saturated carbocycles. The zero-order valence-electron chi connectivity index (χ0n) is 18.9. The van der Waals surface area contributed by atoms with Crippen molar-refractivity contribution >= 4 is 22.7 Å². The zero-order chi connectivity index (χ0) is 22.3. The van der Waals surface area contributed by atoms with Crippen LogP contribution < -0.4 is 5.32 Å². The fraction of sp³-hybridized carbons (Fsp3) is 0.444. The molecule has 168 valence electrons. The number of aryl methyl sites for hydroxylation is 3. The second kappa shape index (κ2) is 10.6. The molecule has 5 nitrogen and oxygen atoms in total. The van der Waals surface area contributed by atoms with Gasteiger partial charge in [-0.25, -0.2) is 4.98 Å². The summed E-state index contributed by atoms with van der Waals surface area (Å²) in [5.74, 6) is 0.342.